The summed E-state index contributed by atoms with van der Waals surface area (Å²) < 4.78 is 6.19. The maximum atomic E-state index is 14.2. The summed E-state index contributed by atoms with van der Waals surface area (Å²) in [6.45, 7) is 5.52. The number of para-hydroxylation sites is 1. The third-order valence-electron chi connectivity index (χ3n) is 7.23. The topological polar surface area (TPSA) is 49.9 Å². The van der Waals surface area contributed by atoms with Gasteiger partial charge in [0.25, 0.3) is 5.91 Å². The molecule has 2 atom stereocenters. The van der Waals surface area contributed by atoms with Crippen molar-refractivity contribution in [3.05, 3.63) is 138 Å². The number of esters is 1. The lowest BCUT2D eigenvalue weighted by molar-refractivity contribution is -0.164. The average Bonchev–Trinajstić information content (AvgIpc) is 3.19. The molecule has 1 fully saturated rings. The second-order valence-electron chi connectivity index (χ2n) is 10.8. The molecule has 0 bridgehead atoms. The van der Waals surface area contributed by atoms with Crippen LogP contribution in [-0.2, 0) is 27.4 Å². The molecule has 39 heavy (non-hydrogen) atoms. The van der Waals surface area contributed by atoms with E-state index in [1.807, 2.05) is 111 Å². The van der Waals surface area contributed by atoms with Crippen molar-refractivity contribution >= 4 is 17.6 Å². The van der Waals surface area contributed by atoms with Crippen LogP contribution in [0.25, 0.3) is 0 Å². The molecule has 2 unspecified atom stereocenters. The van der Waals surface area contributed by atoms with E-state index in [2.05, 4.69) is 29.2 Å². The molecule has 1 aliphatic heterocycles. The van der Waals surface area contributed by atoms with Crippen molar-refractivity contribution in [2.24, 2.45) is 5.41 Å². The number of hydrogen-bond donors (Lipinski definition) is 0. The quantitative estimate of drug-likeness (QED) is 0.240. The van der Waals surface area contributed by atoms with Crippen molar-refractivity contribution in [2.45, 2.75) is 39.1 Å². The predicted molar refractivity (Wildman–Crippen MR) is 154 cm³/mol. The molecule has 0 radical (unpaired) electrons. The third kappa shape index (κ3) is 6.10. The van der Waals surface area contributed by atoms with Crippen LogP contribution < -0.4 is 4.90 Å². The largest absolute Gasteiger partial charge is 0.450 e. The summed E-state index contributed by atoms with van der Waals surface area (Å²) in [5.41, 5.74) is 3.28. The van der Waals surface area contributed by atoms with E-state index in [4.69, 9.17) is 4.74 Å². The highest BCUT2D eigenvalue weighted by atomic mass is 16.6. The summed E-state index contributed by atoms with van der Waals surface area (Å²) in [7, 11) is 0. The minimum Gasteiger partial charge on any atom is -0.450 e. The summed E-state index contributed by atoms with van der Waals surface area (Å²) >= 11 is 0. The van der Waals surface area contributed by atoms with Crippen LogP contribution in [0.15, 0.2) is 121 Å². The van der Waals surface area contributed by atoms with Crippen molar-refractivity contribution in [1.82, 2.24) is 4.90 Å². The molecule has 4 aromatic carbocycles. The van der Waals surface area contributed by atoms with Crippen molar-refractivity contribution in [2.75, 3.05) is 11.4 Å². The van der Waals surface area contributed by atoms with E-state index in [9.17, 15) is 9.59 Å². The highest BCUT2D eigenvalue weighted by molar-refractivity contribution is 6.01. The monoisotopic (exact) mass is 518 g/mol. The summed E-state index contributed by atoms with van der Waals surface area (Å²) in [4.78, 5) is 31.6. The lowest BCUT2D eigenvalue weighted by Gasteiger charge is -2.33. The SMILES string of the molecule is CC1(C)CN(c2ccccc2)C(=O)C1OC(=O)C(c1ccccc1)N(Cc1ccccc1)Cc1ccccc1. The van der Waals surface area contributed by atoms with Crippen LogP contribution in [-0.4, -0.2) is 29.4 Å². The van der Waals surface area contributed by atoms with Crippen molar-refractivity contribution in [3.8, 4) is 0 Å². The van der Waals surface area contributed by atoms with Crippen molar-refractivity contribution < 1.29 is 14.3 Å². The minimum atomic E-state index is -0.883. The Kier molecular flexibility index (Phi) is 7.89. The molecular formula is C34H34N2O3. The van der Waals surface area contributed by atoms with Gasteiger partial charge >= 0.3 is 5.97 Å². The molecule has 4 aromatic rings. The molecule has 5 nitrogen and oxygen atoms in total. The first kappa shape index (κ1) is 26.4. The van der Waals surface area contributed by atoms with E-state index in [-0.39, 0.29) is 5.91 Å². The van der Waals surface area contributed by atoms with Gasteiger partial charge in [0, 0.05) is 30.7 Å². The zero-order valence-electron chi connectivity index (χ0n) is 22.4. The summed E-state index contributed by atoms with van der Waals surface area (Å²) in [6, 6.07) is 38.8. The summed E-state index contributed by atoms with van der Waals surface area (Å²) in [5.74, 6) is -0.613. The van der Waals surface area contributed by atoms with Gasteiger partial charge in [-0.1, -0.05) is 123 Å². The van der Waals surface area contributed by atoms with Crippen LogP contribution in [0.2, 0.25) is 0 Å². The Bertz CT molecular complexity index is 1330. The Morgan fingerprint density at radius 3 is 1.77 bits per heavy atom. The van der Waals surface area contributed by atoms with Gasteiger partial charge in [-0.05, 0) is 28.8 Å². The Morgan fingerprint density at radius 1 is 0.795 bits per heavy atom. The second kappa shape index (κ2) is 11.7. The van der Waals surface area contributed by atoms with Crippen LogP contribution in [0.5, 0.6) is 0 Å². The van der Waals surface area contributed by atoms with Gasteiger partial charge in [0.1, 0.15) is 6.04 Å². The number of rotatable bonds is 9. The first-order valence-corrected chi connectivity index (χ1v) is 13.4. The average molecular weight is 519 g/mol. The van der Waals surface area contributed by atoms with Crippen molar-refractivity contribution in [3.63, 3.8) is 0 Å². The number of nitrogens with zero attached hydrogens (tertiary/aromatic N) is 2. The maximum absolute atomic E-state index is 14.2. The Hall–Kier alpha value is -4.22. The molecule has 1 saturated heterocycles. The predicted octanol–water partition coefficient (Wildman–Crippen LogP) is 6.41. The van der Waals surface area contributed by atoms with E-state index in [1.165, 1.54) is 0 Å². The summed E-state index contributed by atoms with van der Waals surface area (Å²) in [5, 5.41) is 0. The molecular weight excluding hydrogens is 484 g/mol. The van der Waals surface area contributed by atoms with Gasteiger partial charge < -0.3 is 9.64 Å². The molecule has 1 aliphatic rings. The molecule has 0 aromatic heterocycles. The van der Waals surface area contributed by atoms with E-state index in [0.717, 1.165) is 22.4 Å². The van der Waals surface area contributed by atoms with E-state index in [0.29, 0.717) is 19.6 Å². The van der Waals surface area contributed by atoms with Gasteiger partial charge in [0.15, 0.2) is 6.10 Å². The Balaban J connectivity index is 1.48. The zero-order valence-corrected chi connectivity index (χ0v) is 22.4. The van der Waals surface area contributed by atoms with Crippen LogP contribution in [0.4, 0.5) is 5.69 Å². The number of anilines is 1. The summed E-state index contributed by atoms with van der Waals surface area (Å²) in [6.07, 6.45) is -0.883. The lowest BCUT2D eigenvalue weighted by atomic mass is 9.89. The smallest absolute Gasteiger partial charge is 0.328 e. The van der Waals surface area contributed by atoms with Gasteiger partial charge in [-0.15, -0.1) is 0 Å². The Morgan fingerprint density at radius 2 is 1.26 bits per heavy atom. The molecule has 1 amide bonds. The maximum Gasteiger partial charge on any atom is 0.328 e. The van der Waals surface area contributed by atoms with Gasteiger partial charge in [0.2, 0.25) is 0 Å². The minimum absolute atomic E-state index is 0.191. The van der Waals surface area contributed by atoms with Gasteiger partial charge in [-0.3, -0.25) is 9.69 Å². The fraction of sp³-hybridized carbons (Fsp3) is 0.235. The number of benzene rings is 4. The van der Waals surface area contributed by atoms with Crippen LogP contribution in [0.3, 0.4) is 0 Å². The van der Waals surface area contributed by atoms with E-state index >= 15 is 0 Å². The Labute approximate surface area is 230 Å². The van der Waals surface area contributed by atoms with Crippen molar-refractivity contribution in [1.29, 1.82) is 0 Å². The number of carbonyl (C=O) groups excluding carboxylic acids is 2. The normalized spacial score (nSPS) is 17.3. The highest BCUT2D eigenvalue weighted by Gasteiger charge is 2.50. The first-order chi connectivity index (χ1) is 18.9. The number of amides is 1. The van der Waals surface area contributed by atoms with Gasteiger partial charge in [-0.2, -0.15) is 0 Å². The molecule has 1 heterocycles. The fourth-order valence-corrected chi connectivity index (χ4v) is 5.27. The molecule has 198 valence electrons. The fourth-order valence-electron chi connectivity index (χ4n) is 5.27. The molecule has 5 heteroatoms. The van der Waals surface area contributed by atoms with Crippen LogP contribution in [0, 0.1) is 5.41 Å². The number of ether oxygens (including phenoxy) is 1. The van der Waals surface area contributed by atoms with Crippen LogP contribution >= 0.6 is 0 Å². The lowest BCUT2D eigenvalue weighted by Crippen LogP contribution is -2.41. The zero-order chi connectivity index (χ0) is 27.2. The molecule has 0 N–H and O–H groups in total. The van der Waals surface area contributed by atoms with E-state index in [1.54, 1.807) is 4.90 Å². The van der Waals surface area contributed by atoms with E-state index < -0.39 is 23.5 Å². The standard InChI is InChI=1S/C34H34N2O3/c1-34(2)25-36(29-21-13-6-14-22-29)32(37)31(34)39-33(38)30(28-19-11-5-12-20-28)35(23-26-15-7-3-8-16-26)24-27-17-9-4-10-18-27/h3-22,30-31H,23-25H2,1-2H3. The second-order valence-corrected chi connectivity index (χ2v) is 10.8. The molecule has 0 spiro atoms. The van der Waals surface area contributed by atoms with Gasteiger partial charge in [-0.25, -0.2) is 4.79 Å². The van der Waals surface area contributed by atoms with Crippen LogP contribution in [0.1, 0.15) is 36.6 Å². The number of hydrogen-bond acceptors (Lipinski definition) is 4. The van der Waals surface area contributed by atoms with Gasteiger partial charge in [0.05, 0.1) is 0 Å². The number of carbonyl (C=O) groups is 2. The highest BCUT2D eigenvalue weighted by Crippen LogP contribution is 2.37. The third-order valence-corrected chi connectivity index (χ3v) is 7.23. The molecule has 0 aliphatic carbocycles. The molecule has 5 rings (SSSR count). The molecule has 0 saturated carbocycles. The first-order valence-electron chi connectivity index (χ1n) is 13.4.